The Bertz CT molecular complexity index is 822. The van der Waals surface area contributed by atoms with Crippen molar-refractivity contribution in [1.82, 2.24) is 9.97 Å². The van der Waals surface area contributed by atoms with Crippen LogP contribution in [-0.2, 0) is 10.0 Å². The van der Waals surface area contributed by atoms with Crippen LogP contribution in [0.5, 0.6) is 11.9 Å². The number of sulfonamides is 1. The van der Waals surface area contributed by atoms with E-state index in [1.165, 1.54) is 6.20 Å². The number of nitrogens with one attached hydrogen (secondary N) is 1. The highest BCUT2D eigenvalue weighted by Gasteiger charge is 2.19. The maximum Gasteiger partial charge on any atom is 0.319 e. The lowest BCUT2D eigenvalue weighted by atomic mass is 10.1. The minimum absolute atomic E-state index is 0.128. The van der Waals surface area contributed by atoms with Gasteiger partial charge < -0.3 is 9.47 Å². The lowest BCUT2D eigenvalue weighted by molar-refractivity contribution is 0.290. The average molecular weight is 351 g/mol. The first-order valence-electron chi connectivity index (χ1n) is 7.60. The summed E-state index contributed by atoms with van der Waals surface area (Å²) in [7, 11) is -3.77. The first-order valence-corrected chi connectivity index (χ1v) is 9.08. The van der Waals surface area contributed by atoms with Gasteiger partial charge in [0.1, 0.15) is 5.69 Å². The molecule has 24 heavy (non-hydrogen) atoms. The maximum absolute atomic E-state index is 12.6. The highest BCUT2D eigenvalue weighted by Crippen LogP contribution is 2.26. The zero-order chi connectivity index (χ0) is 17.7. The van der Waals surface area contributed by atoms with E-state index in [1.54, 1.807) is 32.0 Å². The molecule has 0 radical (unpaired) electrons. The molecule has 0 spiro atoms. The number of anilines is 1. The van der Waals surface area contributed by atoms with E-state index in [0.717, 1.165) is 11.1 Å². The quantitative estimate of drug-likeness (QED) is 0.825. The van der Waals surface area contributed by atoms with Crippen LogP contribution in [0.2, 0.25) is 0 Å². The molecule has 8 heteroatoms. The molecule has 0 aliphatic carbocycles. The molecule has 7 nitrogen and oxygen atoms in total. The Morgan fingerprint density at radius 1 is 1.08 bits per heavy atom. The number of aromatic nitrogens is 2. The molecule has 0 aliphatic rings. The van der Waals surface area contributed by atoms with Gasteiger partial charge in [-0.25, -0.2) is 13.4 Å². The predicted octanol–water partition coefficient (Wildman–Crippen LogP) is 2.69. The number of hydrogen-bond acceptors (Lipinski definition) is 6. The maximum atomic E-state index is 12.6. The second-order valence-corrected chi connectivity index (χ2v) is 6.77. The van der Waals surface area contributed by atoms with Crippen molar-refractivity contribution in [2.75, 3.05) is 17.9 Å². The van der Waals surface area contributed by atoms with E-state index in [-0.39, 0.29) is 22.5 Å². The Labute approximate surface area is 142 Å². The van der Waals surface area contributed by atoms with Gasteiger partial charge in [0, 0.05) is 0 Å². The van der Waals surface area contributed by atoms with Gasteiger partial charge in [-0.1, -0.05) is 6.07 Å². The van der Waals surface area contributed by atoms with Crippen LogP contribution in [0.15, 0.2) is 29.3 Å². The third-order valence-corrected chi connectivity index (χ3v) is 4.68. The molecular weight excluding hydrogens is 330 g/mol. The van der Waals surface area contributed by atoms with E-state index in [1.807, 2.05) is 13.8 Å². The van der Waals surface area contributed by atoms with Gasteiger partial charge >= 0.3 is 6.01 Å². The Morgan fingerprint density at radius 2 is 1.79 bits per heavy atom. The van der Waals surface area contributed by atoms with Crippen LogP contribution in [0.3, 0.4) is 0 Å². The van der Waals surface area contributed by atoms with Crippen LogP contribution < -0.4 is 14.2 Å². The van der Waals surface area contributed by atoms with Gasteiger partial charge in [-0.15, -0.1) is 0 Å². The number of ether oxygens (including phenoxy) is 2. The molecule has 2 aromatic rings. The third-order valence-electron chi connectivity index (χ3n) is 3.32. The van der Waals surface area contributed by atoms with Crippen LogP contribution in [0.1, 0.15) is 25.0 Å². The molecule has 0 amide bonds. The molecular formula is C16H21N3O4S. The highest BCUT2D eigenvalue weighted by atomic mass is 32.2. The van der Waals surface area contributed by atoms with Crippen molar-refractivity contribution in [3.63, 3.8) is 0 Å². The van der Waals surface area contributed by atoms with Crippen LogP contribution in [-0.4, -0.2) is 31.6 Å². The van der Waals surface area contributed by atoms with Crippen LogP contribution in [0.25, 0.3) is 0 Å². The molecule has 0 aliphatic heterocycles. The first kappa shape index (κ1) is 18.0. The zero-order valence-corrected chi connectivity index (χ0v) is 15.0. The fourth-order valence-electron chi connectivity index (χ4n) is 1.95. The van der Waals surface area contributed by atoms with E-state index in [0.29, 0.717) is 13.2 Å². The summed E-state index contributed by atoms with van der Waals surface area (Å²) in [4.78, 5) is 8.23. The second-order valence-electron chi connectivity index (χ2n) is 5.09. The summed E-state index contributed by atoms with van der Waals surface area (Å²) >= 11 is 0. The zero-order valence-electron chi connectivity index (χ0n) is 14.2. The molecule has 0 unspecified atom stereocenters. The van der Waals surface area contributed by atoms with Crippen LogP contribution >= 0.6 is 0 Å². The van der Waals surface area contributed by atoms with Gasteiger partial charge in [-0.3, -0.25) is 4.72 Å². The van der Waals surface area contributed by atoms with Gasteiger partial charge in [-0.05, 0) is 51.0 Å². The largest absolute Gasteiger partial charge is 0.476 e. The lowest BCUT2D eigenvalue weighted by Gasteiger charge is -2.13. The number of hydrogen-bond donors (Lipinski definition) is 1. The molecule has 1 aromatic carbocycles. The van der Waals surface area contributed by atoms with E-state index in [9.17, 15) is 8.42 Å². The molecule has 1 heterocycles. The van der Waals surface area contributed by atoms with Crippen molar-refractivity contribution < 1.29 is 17.9 Å². The molecule has 2 rings (SSSR count). The van der Waals surface area contributed by atoms with Crippen molar-refractivity contribution >= 4 is 15.7 Å². The number of rotatable bonds is 7. The van der Waals surface area contributed by atoms with Crippen molar-refractivity contribution in [1.29, 1.82) is 0 Å². The summed E-state index contributed by atoms with van der Waals surface area (Å²) in [5, 5.41) is 0. The van der Waals surface area contributed by atoms with E-state index >= 15 is 0 Å². The number of aryl methyl sites for hydroxylation is 2. The van der Waals surface area contributed by atoms with Gasteiger partial charge in [-0.2, -0.15) is 4.98 Å². The third kappa shape index (κ3) is 4.14. The SMILES string of the molecule is CCOc1ncc(NS(=O)(=O)c2ccc(C)c(C)c2)c(OCC)n1. The fourth-order valence-corrected chi connectivity index (χ4v) is 3.08. The Balaban J connectivity index is 2.35. The van der Waals surface area contributed by atoms with Crippen LogP contribution in [0.4, 0.5) is 5.69 Å². The van der Waals surface area contributed by atoms with Crippen molar-refractivity contribution in [2.45, 2.75) is 32.6 Å². The van der Waals surface area contributed by atoms with Crippen LogP contribution in [0, 0.1) is 13.8 Å². The van der Waals surface area contributed by atoms with Gasteiger partial charge in [0.05, 0.1) is 24.3 Å². The Kier molecular flexibility index (Phi) is 5.61. The molecule has 0 atom stereocenters. The average Bonchev–Trinajstić information content (AvgIpc) is 2.53. The normalized spacial score (nSPS) is 11.2. The molecule has 0 fully saturated rings. The Hall–Kier alpha value is -2.35. The molecule has 1 N–H and O–H groups in total. The minimum atomic E-state index is -3.77. The molecule has 0 saturated carbocycles. The predicted molar refractivity (Wildman–Crippen MR) is 91.1 cm³/mol. The Morgan fingerprint density at radius 3 is 2.42 bits per heavy atom. The van der Waals surface area contributed by atoms with Gasteiger partial charge in [0.25, 0.3) is 10.0 Å². The topological polar surface area (TPSA) is 90.4 Å². The molecule has 130 valence electrons. The first-order chi connectivity index (χ1) is 11.4. The molecule has 0 bridgehead atoms. The molecule has 0 saturated heterocycles. The summed E-state index contributed by atoms with van der Waals surface area (Å²) in [6.45, 7) is 8.11. The summed E-state index contributed by atoms with van der Waals surface area (Å²) in [5.74, 6) is 0.128. The van der Waals surface area contributed by atoms with Crippen molar-refractivity contribution in [3.05, 3.63) is 35.5 Å². The number of benzene rings is 1. The van der Waals surface area contributed by atoms with E-state index in [4.69, 9.17) is 9.47 Å². The van der Waals surface area contributed by atoms with Crippen molar-refractivity contribution in [2.24, 2.45) is 0 Å². The summed E-state index contributed by atoms with van der Waals surface area (Å²) in [6, 6.07) is 5.07. The van der Waals surface area contributed by atoms with Gasteiger partial charge in [0.2, 0.25) is 5.88 Å². The van der Waals surface area contributed by atoms with E-state index in [2.05, 4.69) is 14.7 Å². The summed E-state index contributed by atoms with van der Waals surface area (Å²) in [5.41, 5.74) is 2.08. The lowest BCUT2D eigenvalue weighted by Crippen LogP contribution is -2.15. The molecule has 1 aromatic heterocycles. The minimum Gasteiger partial charge on any atom is -0.476 e. The second kappa shape index (κ2) is 7.48. The fraction of sp³-hybridized carbons (Fsp3) is 0.375. The summed E-state index contributed by atoms with van der Waals surface area (Å²) in [6.07, 6.45) is 1.33. The monoisotopic (exact) mass is 351 g/mol. The van der Waals surface area contributed by atoms with Crippen molar-refractivity contribution in [3.8, 4) is 11.9 Å². The smallest absolute Gasteiger partial charge is 0.319 e. The number of nitrogens with zero attached hydrogens (tertiary/aromatic N) is 2. The standard InChI is InChI=1S/C16H21N3O4S/c1-5-22-15-14(10-17-16(18-15)23-6-2)19-24(20,21)13-8-7-11(3)12(4)9-13/h7-10,19H,5-6H2,1-4H3. The van der Waals surface area contributed by atoms with E-state index < -0.39 is 10.0 Å². The summed E-state index contributed by atoms with van der Waals surface area (Å²) < 4.78 is 38.2. The van der Waals surface area contributed by atoms with Gasteiger partial charge in [0.15, 0.2) is 0 Å². The highest BCUT2D eigenvalue weighted by molar-refractivity contribution is 7.92.